The van der Waals surface area contributed by atoms with Gasteiger partial charge in [-0.3, -0.25) is 0 Å². The molecule has 1 unspecified atom stereocenters. The zero-order valence-electron chi connectivity index (χ0n) is 84.0. The molecule has 0 radical (unpaired) electrons. The van der Waals surface area contributed by atoms with E-state index in [1.54, 1.807) is 62.4 Å². The van der Waals surface area contributed by atoms with Gasteiger partial charge < -0.3 is 58.5 Å². The summed E-state index contributed by atoms with van der Waals surface area (Å²) in [6.45, 7) is 18.1. The monoisotopic (exact) mass is 2180 g/mol. The Morgan fingerprint density at radius 2 is 0.655 bits per heavy atom. The number of phenols is 1. The van der Waals surface area contributed by atoms with Gasteiger partial charge in [0, 0.05) is 58.9 Å². The zero-order valence-corrected chi connectivity index (χ0v) is 96.6. The number of alkyl halides is 1. The fourth-order valence-corrected chi connectivity index (χ4v) is 18.0. The molecule has 4 aliphatic carbocycles. The molecule has 6 fully saturated rings. The standard InChI is InChI=1S/C32H36F4O2.C18H27BF2O3.C18H26F2O.C14H11BrF2O.C12H23Cl.C6H4F2O.2C4H8O.CH4.3K.HO4P/c1-3-5-6-7-21-8-10-22(11-9-21)20-38-28-19-17-26(30(34)32(28)36)24-14-12-23(13-15-24)25-16-18-27(37-4-2)31(35)29(25)33;1-2-3-4-5-13-6-8-14(9-7-13)12-24-16-11-10-15(19(22)23)17(20)18(16)21;1-2-3-4-6-14-9-11-15(12-10-14)13-21-17-8-5-7-16(19)18(17)20;1-2-18-12-8-7-11(13(16)14(12)17)9-3-5-10(15)6-4-9;1-2-3-4-5-11-6-8-12(10-13)9-7-11;7-4-2-1-3-5(9)6(4)8;2*1-2-4-5-3-1;;;;;1-4-5(2)3/h12-19,21-22H,3-11,20H2,1-2H3;10-11,13-14,22-23H,2-9,12H2,1H3;5,7-8,14-15H,2-4,6,9-13H2,1H3;3-8H,2H2,1H3;11-12H,2-10H2,1H3;1-3,9H;2*1-4H2;1H4;;;;1H/q;;;;;;;;;;;+1;/p-1. The number of halogens is 14. The number of aromatic hydroxyl groups is 1. The van der Waals surface area contributed by atoms with Crippen molar-refractivity contribution >= 4 is 112 Å². The van der Waals surface area contributed by atoms with Gasteiger partial charge in [0.25, 0.3) is 0 Å². The molecular formula is C109H147BBrClF12K3O14P. The third-order valence-corrected chi connectivity index (χ3v) is 26.8. The predicted octanol–water partition coefficient (Wildman–Crippen LogP) is 26.7. The molecule has 14 rings (SSSR count). The molecule has 2 heterocycles. The summed E-state index contributed by atoms with van der Waals surface area (Å²) in [5.74, 6) is -6.94. The third kappa shape index (κ3) is 50.7. The van der Waals surface area contributed by atoms with Crippen molar-refractivity contribution in [3.63, 3.8) is 0 Å². The first kappa shape index (κ1) is 133. The average molecular weight is 2180 g/mol. The summed E-state index contributed by atoms with van der Waals surface area (Å²) in [4.78, 5) is 8.87. The van der Waals surface area contributed by atoms with E-state index >= 15 is 0 Å². The Hall–Kier alpha value is -2.72. The van der Waals surface area contributed by atoms with E-state index in [1.807, 2.05) is 0 Å². The van der Waals surface area contributed by atoms with Crippen LogP contribution in [0, 0.1) is 117 Å². The van der Waals surface area contributed by atoms with Gasteiger partial charge in [0.1, 0.15) is 0 Å². The molecule has 142 heavy (non-hydrogen) atoms. The summed E-state index contributed by atoms with van der Waals surface area (Å²) in [5.41, 5.74) is 1.34. The van der Waals surface area contributed by atoms with Gasteiger partial charge >= 0.3 is 130 Å². The molecule has 0 spiro atoms. The first-order valence-corrected chi connectivity index (χ1v) is 69.1. The SMILES string of the molecule is C.C1CCOC1.C1CCOC1.CCCCCC1CCC(CCl)CC1.CCCCCC1CCC(COc2ccc(-c3ccc(-c4ccc(OCC)c(F)c4F)cc3)c(F)c2F)CC1.CCCCCC1CCC(COc2ccc(B(O)O)c(F)c2F)CC1.CCCCCC1CCC(COc2cccc(F)c2F)CC1.CCOc1ccc(-c2ccc(Br)cc2)c(F)c1F.O=[P+]([O-])O[O-].Oc1cccc(F)c1F.[K+].[K][K]. The van der Waals surface area contributed by atoms with E-state index in [2.05, 4.69) is 48.3 Å². The number of ether oxygens (including phenoxy) is 7. The van der Waals surface area contributed by atoms with Crippen molar-refractivity contribution in [3.8, 4) is 67.9 Å². The van der Waals surface area contributed by atoms with Crippen molar-refractivity contribution in [1.82, 2.24) is 0 Å². The van der Waals surface area contributed by atoms with E-state index in [0.29, 0.717) is 60.9 Å². The normalized spacial score (nSPS) is 18.2. The quantitative estimate of drug-likeness (QED) is 0.00645. The molecule has 0 bridgehead atoms. The molecule has 2 saturated heterocycles. The molecule has 2 aliphatic heterocycles. The van der Waals surface area contributed by atoms with Crippen molar-refractivity contribution in [3.05, 3.63) is 208 Å². The van der Waals surface area contributed by atoms with Crippen LogP contribution in [0.5, 0.6) is 34.5 Å². The third-order valence-electron chi connectivity index (χ3n) is 25.7. The molecule has 4 saturated carbocycles. The van der Waals surface area contributed by atoms with Gasteiger partial charge in [-0.1, -0.05) is 260 Å². The van der Waals surface area contributed by atoms with Crippen LogP contribution < -0.4 is 90.7 Å². The minimum atomic E-state index is -3.15. The van der Waals surface area contributed by atoms with E-state index in [0.717, 1.165) is 129 Å². The summed E-state index contributed by atoms with van der Waals surface area (Å²) in [6.07, 6.45) is 45.8. The van der Waals surface area contributed by atoms with Gasteiger partial charge in [0.05, 0.1) is 33.0 Å². The molecule has 6 aliphatic rings. The predicted molar refractivity (Wildman–Crippen MR) is 542 cm³/mol. The summed E-state index contributed by atoms with van der Waals surface area (Å²) >= 11 is 11.7. The molecular weight excluding hydrogens is 2040 g/mol. The van der Waals surface area contributed by atoms with Gasteiger partial charge in [-0.05, 0) is 238 Å². The molecule has 0 amide bonds. The van der Waals surface area contributed by atoms with Crippen LogP contribution in [0.1, 0.15) is 280 Å². The fourth-order valence-electron chi connectivity index (χ4n) is 17.4. The van der Waals surface area contributed by atoms with Gasteiger partial charge in [0.2, 0.25) is 23.3 Å². The Morgan fingerprint density at radius 3 is 0.930 bits per heavy atom. The molecule has 14 nitrogen and oxygen atoms in total. The van der Waals surface area contributed by atoms with Crippen LogP contribution in [0.15, 0.2) is 138 Å². The van der Waals surface area contributed by atoms with Crippen molar-refractivity contribution in [2.24, 2.45) is 47.3 Å². The van der Waals surface area contributed by atoms with Crippen LogP contribution in [-0.4, -0.2) is 151 Å². The Bertz CT molecular complexity index is 4660. The maximum absolute atomic E-state index is 15.0. The van der Waals surface area contributed by atoms with Crippen LogP contribution in [0.3, 0.4) is 0 Å². The zero-order chi connectivity index (χ0) is 103. The van der Waals surface area contributed by atoms with E-state index in [-0.39, 0.29) is 111 Å². The van der Waals surface area contributed by atoms with Crippen molar-refractivity contribution in [2.75, 3.05) is 65.3 Å². The van der Waals surface area contributed by atoms with E-state index in [1.165, 1.54) is 316 Å². The van der Waals surface area contributed by atoms with Crippen molar-refractivity contribution in [2.45, 2.75) is 280 Å². The topological polar surface area (TPSA) is 198 Å². The molecule has 776 valence electrons. The molecule has 3 N–H and O–H groups in total. The summed E-state index contributed by atoms with van der Waals surface area (Å²) in [7, 11) is -5.18. The Labute approximate surface area is 939 Å². The first-order chi connectivity index (χ1) is 67.6. The van der Waals surface area contributed by atoms with Crippen molar-refractivity contribution in [1.29, 1.82) is 0 Å². The Kier molecular flexibility index (Phi) is 74.5. The van der Waals surface area contributed by atoms with Crippen LogP contribution in [-0.2, 0) is 18.7 Å². The number of unbranched alkanes of at least 4 members (excludes halogenated alkanes) is 8. The maximum atomic E-state index is 15.0. The van der Waals surface area contributed by atoms with Crippen molar-refractivity contribution < 1.29 is 172 Å². The average Bonchev–Trinajstić information content (AvgIpc) is 1.25. The second kappa shape index (κ2) is 79.3. The molecule has 33 heteroatoms. The Balaban J connectivity index is 0.000000439. The molecule has 0 aromatic heterocycles. The molecule has 8 aromatic rings. The number of rotatable bonds is 35. The molecule has 1 atom stereocenters. The van der Waals surface area contributed by atoms with E-state index < -0.39 is 96.4 Å². The van der Waals surface area contributed by atoms with Crippen LogP contribution in [0.25, 0.3) is 33.4 Å². The van der Waals surface area contributed by atoms with E-state index in [9.17, 15) is 52.7 Å². The Morgan fingerprint density at radius 1 is 0.380 bits per heavy atom. The summed E-state index contributed by atoms with van der Waals surface area (Å²) in [6, 6.07) is 31.7. The summed E-state index contributed by atoms with van der Waals surface area (Å²) < 4.78 is 213. The molecule has 8 aromatic carbocycles. The van der Waals surface area contributed by atoms with E-state index in [4.69, 9.17) is 74.6 Å². The second-order valence-corrected chi connectivity index (χ2v) is 37.8. The second-order valence-electron chi connectivity index (χ2n) is 36.0. The first-order valence-electron chi connectivity index (χ1n) is 50.6. The van der Waals surface area contributed by atoms with Crippen LogP contribution in [0.2, 0.25) is 0 Å². The van der Waals surface area contributed by atoms with Gasteiger partial charge in [-0.25, -0.2) is 31.0 Å². The number of phenolic OH excluding ortho intramolecular Hbond substituents is 1. The fraction of sp³-hybridized carbons (Fsp3) is 0.560. The van der Waals surface area contributed by atoms with Crippen LogP contribution in [0.4, 0.5) is 52.7 Å². The van der Waals surface area contributed by atoms with Crippen LogP contribution >= 0.6 is 35.8 Å². The van der Waals surface area contributed by atoms with Gasteiger partial charge in [-0.2, -0.15) is 26.3 Å². The van der Waals surface area contributed by atoms with Gasteiger partial charge in [0.15, 0.2) is 81.0 Å². The summed E-state index contributed by atoms with van der Waals surface area (Å²) in [5, 5.41) is 34.9. The number of hydrogen-bond donors (Lipinski definition) is 3. The van der Waals surface area contributed by atoms with Gasteiger partial charge in [-0.15, -0.1) is 11.6 Å². The minimum absolute atomic E-state index is 0. The number of hydrogen-bond acceptors (Lipinski definition) is 14. The number of benzene rings is 8.